The second-order valence-corrected chi connectivity index (χ2v) is 7.16. The summed E-state index contributed by atoms with van der Waals surface area (Å²) in [5.41, 5.74) is 1.95. The molecule has 1 aliphatic carbocycles. The van der Waals surface area contributed by atoms with Gasteiger partial charge in [-0.05, 0) is 56.7 Å². The number of halogens is 1. The van der Waals surface area contributed by atoms with Crippen LogP contribution >= 0.6 is 12.4 Å². The van der Waals surface area contributed by atoms with Gasteiger partial charge in [0.25, 0.3) is 0 Å². The number of amides is 1. The summed E-state index contributed by atoms with van der Waals surface area (Å²) in [4.78, 5) is 12.5. The van der Waals surface area contributed by atoms with Crippen LogP contribution in [0.25, 0.3) is 0 Å². The highest BCUT2D eigenvalue weighted by Crippen LogP contribution is 2.33. The van der Waals surface area contributed by atoms with Crippen molar-refractivity contribution in [3.8, 4) is 0 Å². The van der Waals surface area contributed by atoms with Gasteiger partial charge in [0.05, 0.1) is 18.8 Å². The Morgan fingerprint density at radius 1 is 1.33 bits per heavy atom. The van der Waals surface area contributed by atoms with Crippen LogP contribution in [-0.2, 0) is 16.1 Å². The van der Waals surface area contributed by atoms with Crippen molar-refractivity contribution in [1.29, 1.82) is 0 Å². The van der Waals surface area contributed by atoms with Gasteiger partial charge >= 0.3 is 0 Å². The van der Waals surface area contributed by atoms with Crippen LogP contribution in [0.3, 0.4) is 0 Å². The van der Waals surface area contributed by atoms with Gasteiger partial charge in [0.2, 0.25) is 5.91 Å². The fraction of sp³-hybridized carbons (Fsp3) is 0.632. The van der Waals surface area contributed by atoms with Gasteiger partial charge in [0.1, 0.15) is 0 Å². The fourth-order valence-electron chi connectivity index (χ4n) is 3.75. The molecule has 0 aromatic heterocycles. The van der Waals surface area contributed by atoms with Crippen LogP contribution in [0.15, 0.2) is 24.3 Å². The van der Waals surface area contributed by atoms with Crippen LogP contribution in [0.5, 0.6) is 0 Å². The van der Waals surface area contributed by atoms with Gasteiger partial charge in [0.15, 0.2) is 0 Å². The molecule has 24 heavy (non-hydrogen) atoms. The van der Waals surface area contributed by atoms with Crippen molar-refractivity contribution in [2.24, 2.45) is 5.92 Å². The first-order chi connectivity index (χ1) is 11.1. The van der Waals surface area contributed by atoms with Gasteiger partial charge in [-0.2, -0.15) is 0 Å². The molecule has 1 heterocycles. The van der Waals surface area contributed by atoms with Crippen LogP contribution in [0, 0.1) is 5.92 Å². The molecule has 2 N–H and O–H groups in total. The van der Waals surface area contributed by atoms with E-state index in [0.29, 0.717) is 18.6 Å². The highest BCUT2D eigenvalue weighted by Gasteiger charge is 2.38. The number of benzene rings is 1. The Bertz CT molecular complexity index is 536. The normalized spacial score (nSPS) is 25.9. The van der Waals surface area contributed by atoms with E-state index in [0.717, 1.165) is 17.7 Å². The lowest BCUT2D eigenvalue weighted by Crippen LogP contribution is -2.39. The van der Waals surface area contributed by atoms with Gasteiger partial charge < -0.3 is 15.4 Å². The van der Waals surface area contributed by atoms with Gasteiger partial charge in [-0.15, -0.1) is 12.4 Å². The third-order valence-corrected chi connectivity index (χ3v) is 4.96. The Hall–Kier alpha value is -1.10. The van der Waals surface area contributed by atoms with Crippen molar-refractivity contribution in [2.45, 2.75) is 70.7 Å². The van der Waals surface area contributed by atoms with Gasteiger partial charge in [-0.25, -0.2) is 0 Å². The number of rotatable bonds is 5. The summed E-state index contributed by atoms with van der Waals surface area (Å²) in [6, 6.07) is 8.45. The van der Waals surface area contributed by atoms with Crippen molar-refractivity contribution >= 4 is 24.0 Å². The second-order valence-electron chi connectivity index (χ2n) is 7.16. The number of nitrogens with one attached hydrogen (secondary N) is 2. The third kappa shape index (κ3) is 4.95. The molecule has 1 aliphatic heterocycles. The number of fused-ring (bicyclic) bond motifs is 1. The zero-order chi connectivity index (χ0) is 16.2. The van der Waals surface area contributed by atoms with Gasteiger partial charge in [-0.3, -0.25) is 4.79 Å². The summed E-state index contributed by atoms with van der Waals surface area (Å²) in [6.45, 7) is 4.63. The Morgan fingerprint density at radius 3 is 2.88 bits per heavy atom. The quantitative estimate of drug-likeness (QED) is 0.845. The summed E-state index contributed by atoms with van der Waals surface area (Å²) in [5, 5.41) is 6.60. The maximum Gasteiger partial charge on any atom is 0.241 e. The zero-order valence-electron chi connectivity index (χ0n) is 14.6. The van der Waals surface area contributed by atoms with E-state index in [2.05, 4.69) is 10.6 Å². The summed E-state index contributed by atoms with van der Waals surface area (Å²) in [7, 11) is 0. The van der Waals surface area contributed by atoms with E-state index in [9.17, 15) is 4.79 Å². The molecule has 5 heteroatoms. The predicted molar refractivity (Wildman–Crippen MR) is 99.5 cm³/mol. The first kappa shape index (κ1) is 19.2. The minimum Gasteiger partial charge on any atom is -0.374 e. The molecule has 0 spiro atoms. The first-order valence-electron chi connectivity index (χ1n) is 8.89. The molecule has 3 rings (SSSR count). The van der Waals surface area contributed by atoms with E-state index < -0.39 is 0 Å². The largest absolute Gasteiger partial charge is 0.374 e. The van der Waals surface area contributed by atoms with Gasteiger partial charge in [-0.1, -0.05) is 25.0 Å². The maximum absolute atomic E-state index is 12.5. The smallest absolute Gasteiger partial charge is 0.241 e. The lowest BCUT2D eigenvalue weighted by Gasteiger charge is -2.24. The Kier molecular flexibility index (Phi) is 7.08. The molecule has 3 unspecified atom stereocenters. The molecule has 4 nitrogen and oxygen atoms in total. The summed E-state index contributed by atoms with van der Waals surface area (Å²) >= 11 is 0. The highest BCUT2D eigenvalue weighted by molar-refractivity contribution is 5.95. The van der Waals surface area contributed by atoms with Crippen LogP contribution < -0.4 is 10.6 Å². The van der Waals surface area contributed by atoms with Gasteiger partial charge in [0, 0.05) is 11.7 Å². The molecule has 1 amide bonds. The van der Waals surface area contributed by atoms with Crippen molar-refractivity contribution in [3.63, 3.8) is 0 Å². The predicted octanol–water partition coefficient (Wildman–Crippen LogP) is 3.89. The second kappa shape index (κ2) is 8.84. The summed E-state index contributed by atoms with van der Waals surface area (Å²) < 4.78 is 5.63. The van der Waals surface area contributed by atoms with Crippen molar-refractivity contribution in [3.05, 3.63) is 29.8 Å². The fourth-order valence-corrected chi connectivity index (χ4v) is 3.75. The number of carbonyl (C=O) groups is 1. The Morgan fingerprint density at radius 2 is 2.12 bits per heavy atom. The van der Waals surface area contributed by atoms with E-state index in [1.807, 2.05) is 38.1 Å². The number of carbonyl (C=O) groups excluding carboxylic acids is 1. The van der Waals surface area contributed by atoms with Crippen molar-refractivity contribution in [2.75, 3.05) is 5.32 Å². The summed E-state index contributed by atoms with van der Waals surface area (Å²) in [5.74, 6) is 0.784. The van der Waals surface area contributed by atoms with E-state index in [-0.39, 0.29) is 30.5 Å². The average molecular weight is 353 g/mol. The van der Waals surface area contributed by atoms with E-state index >= 15 is 0 Å². The monoisotopic (exact) mass is 352 g/mol. The molecular weight excluding hydrogens is 324 g/mol. The van der Waals surface area contributed by atoms with E-state index in [1.165, 1.54) is 25.7 Å². The molecular formula is C19H29ClN2O2. The lowest BCUT2D eigenvalue weighted by atomic mass is 9.85. The number of ether oxygens (including phenoxy) is 1. The standard InChI is InChI=1S/C19H28N2O2.ClH/c1-13(2)23-12-14-6-5-8-16(10-14)20-19(22)18-11-15-7-3-4-9-17(15)21-18;/h5-6,8,10,13,15,17-18,21H,3-4,7,9,11-12H2,1-2H3,(H,20,22);1H. The van der Waals surface area contributed by atoms with Crippen LogP contribution in [0.1, 0.15) is 51.5 Å². The molecule has 134 valence electrons. The summed E-state index contributed by atoms with van der Waals surface area (Å²) in [6.07, 6.45) is 6.28. The van der Waals surface area contributed by atoms with Crippen molar-refractivity contribution in [1.82, 2.24) is 5.32 Å². The molecule has 0 radical (unpaired) electrons. The zero-order valence-corrected chi connectivity index (χ0v) is 15.4. The highest BCUT2D eigenvalue weighted by atomic mass is 35.5. The lowest BCUT2D eigenvalue weighted by molar-refractivity contribution is -0.117. The molecule has 1 aromatic rings. The molecule has 0 bridgehead atoms. The maximum atomic E-state index is 12.5. The minimum absolute atomic E-state index is 0. The topological polar surface area (TPSA) is 50.4 Å². The van der Waals surface area contributed by atoms with Crippen LogP contribution in [0.2, 0.25) is 0 Å². The van der Waals surface area contributed by atoms with Crippen molar-refractivity contribution < 1.29 is 9.53 Å². The minimum atomic E-state index is -0.0429. The average Bonchev–Trinajstić information content (AvgIpc) is 2.97. The molecule has 1 aromatic carbocycles. The number of hydrogen-bond acceptors (Lipinski definition) is 3. The molecule has 2 aliphatic rings. The number of hydrogen-bond donors (Lipinski definition) is 2. The van der Waals surface area contributed by atoms with E-state index in [1.54, 1.807) is 0 Å². The molecule has 1 saturated carbocycles. The molecule has 1 saturated heterocycles. The molecule has 3 atom stereocenters. The Labute approximate surface area is 151 Å². The first-order valence-corrected chi connectivity index (χ1v) is 8.89. The third-order valence-electron chi connectivity index (χ3n) is 4.96. The SMILES string of the molecule is CC(C)OCc1cccc(NC(=O)C2CC3CCCCC3N2)c1.Cl. The van der Waals surface area contributed by atoms with Crippen LogP contribution in [-0.4, -0.2) is 24.1 Å². The Balaban J connectivity index is 0.00000208. The van der Waals surface area contributed by atoms with E-state index in [4.69, 9.17) is 4.74 Å². The van der Waals surface area contributed by atoms with Crippen LogP contribution in [0.4, 0.5) is 5.69 Å². The molecule has 2 fully saturated rings. The number of anilines is 1.